The van der Waals surface area contributed by atoms with Gasteiger partial charge in [0.05, 0.1) is 0 Å². The summed E-state index contributed by atoms with van der Waals surface area (Å²) >= 11 is 0. The molecule has 0 saturated heterocycles. The molecule has 0 heterocycles. The fraction of sp³-hybridized carbons (Fsp3) is 0.667. The first-order valence-electron chi connectivity index (χ1n) is 5.88. The molecule has 0 bridgehead atoms. The first-order valence-corrected chi connectivity index (χ1v) is 5.88. The number of aliphatic carboxylic acids is 1. The van der Waals surface area contributed by atoms with Gasteiger partial charge in [-0.3, -0.25) is 0 Å². The first-order chi connectivity index (χ1) is 7.91. The van der Waals surface area contributed by atoms with Crippen LogP contribution in [0.5, 0.6) is 0 Å². The van der Waals surface area contributed by atoms with Gasteiger partial charge in [0.1, 0.15) is 6.04 Å². The normalized spacial score (nSPS) is 17.8. The Balaban J connectivity index is 2.42. The molecule has 17 heavy (non-hydrogen) atoms. The topological polar surface area (TPSA) is 78.4 Å². The van der Waals surface area contributed by atoms with Crippen LogP contribution in [0.2, 0.25) is 0 Å². The fourth-order valence-corrected chi connectivity index (χ4v) is 1.53. The van der Waals surface area contributed by atoms with E-state index in [1.54, 1.807) is 20.0 Å². The molecular weight excluding hydrogens is 220 g/mol. The minimum absolute atomic E-state index is 0.147. The predicted octanol–water partition coefficient (Wildman–Crippen LogP) is 1.71. The van der Waals surface area contributed by atoms with Crippen LogP contribution in [0.3, 0.4) is 0 Å². The maximum Gasteiger partial charge on any atom is 0.326 e. The summed E-state index contributed by atoms with van der Waals surface area (Å²) in [5.74, 6) is -0.569. The van der Waals surface area contributed by atoms with Crippen molar-refractivity contribution in [2.24, 2.45) is 11.8 Å². The van der Waals surface area contributed by atoms with Crippen molar-refractivity contribution < 1.29 is 14.7 Å². The van der Waals surface area contributed by atoms with Gasteiger partial charge in [0.25, 0.3) is 0 Å². The van der Waals surface area contributed by atoms with Crippen LogP contribution in [0.1, 0.15) is 33.6 Å². The summed E-state index contributed by atoms with van der Waals surface area (Å²) in [4.78, 5) is 22.4. The lowest BCUT2D eigenvalue weighted by molar-refractivity contribution is -0.140. The number of hydrogen-bond acceptors (Lipinski definition) is 2. The SMILES string of the molecule is C/C(=C\NC(=O)NC(C(=O)O)C(C)C)C1CC1. The molecular formula is C12H20N2O3. The highest BCUT2D eigenvalue weighted by molar-refractivity contribution is 5.83. The van der Waals surface area contributed by atoms with Crippen molar-refractivity contribution in [2.75, 3.05) is 0 Å². The minimum atomic E-state index is -1.02. The van der Waals surface area contributed by atoms with E-state index in [-0.39, 0.29) is 5.92 Å². The van der Waals surface area contributed by atoms with Crippen molar-refractivity contribution in [2.45, 2.75) is 39.7 Å². The molecule has 0 spiro atoms. The summed E-state index contributed by atoms with van der Waals surface area (Å²) in [5.41, 5.74) is 1.14. The standard InChI is InChI=1S/C12H20N2O3/c1-7(2)10(11(15)16)14-12(17)13-6-8(3)9-4-5-9/h6-7,9-10H,4-5H2,1-3H3,(H,15,16)(H2,13,14,17)/b8-6+. The Morgan fingerprint density at radius 1 is 1.35 bits per heavy atom. The number of nitrogens with one attached hydrogen (secondary N) is 2. The van der Waals surface area contributed by atoms with Gasteiger partial charge < -0.3 is 15.7 Å². The average Bonchev–Trinajstić information content (AvgIpc) is 3.05. The van der Waals surface area contributed by atoms with Gasteiger partial charge in [-0.15, -0.1) is 0 Å². The van der Waals surface area contributed by atoms with Gasteiger partial charge in [-0.2, -0.15) is 0 Å². The number of rotatable bonds is 5. The van der Waals surface area contributed by atoms with Gasteiger partial charge in [0, 0.05) is 6.20 Å². The van der Waals surface area contributed by atoms with E-state index in [4.69, 9.17) is 5.11 Å². The molecule has 96 valence electrons. The summed E-state index contributed by atoms with van der Waals surface area (Å²) in [7, 11) is 0. The molecule has 1 atom stereocenters. The molecule has 2 amide bonds. The monoisotopic (exact) mass is 240 g/mol. The van der Waals surface area contributed by atoms with Gasteiger partial charge in [-0.25, -0.2) is 9.59 Å². The van der Waals surface area contributed by atoms with E-state index in [1.807, 2.05) is 6.92 Å². The number of amides is 2. The lowest BCUT2D eigenvalue weighted by Crippen LogP contribution is -2.47. The Morgan fingerprint density at radius 3 is 2.35 bits per heavy atom. The van der Waals surface area contributed by atoms with E-state index in [9.17, 15) is 9.59 Å². The number of hydrogen-bond donors (Lipinski definition) is 3. The van der Waals surface area contributed by atoms with Gasteiger partial charge in [0.2, 0.25) is 0 Å². The van der Waals surface area contributed by atoms with Crippen molar-refractivity contribution >= 4 is 12.0 Å². The van der Waals surface area contributed by atoms with E-state index >= 15 is 0 Å². The molecule has 5 heteroatoms. The van der Waals surface area contributed by atoms with Crippen LogP contribution in [0.15, 0.2) is 11.8 Å². The second-order valence-electron chi connectivity index (χ2n) is 4.84. The molecule has 0 aliphatic heterocycles. The minimum Gasteiger partial charge on any atom is -0.480 e. The van der Waals surface area contributed by atoms with Crippen molar-refractivity contribution in [1.29, 1.82) is 0 Å². The summed E-state index contributed by atoms with van der Waals surface area (Å²) in [6, 6.07) is -1.32. The van der Waals surface area contributed by atoms with E-state index in [2.05, 4.69) is 10.6 Å². The third kappa shape index (κ3) is 4.46. The van der Waals surface area contributed by atoms with Crippen molar-refractivity contribution in [3.8, 4) is 0 Å². The largest absolute Gasteiger partial charge is 0.480 e. The number of allylic oxidation sites excluding steroid dienone is 1. The molecule has 1 fully saturated rings. The third-order valence-electron chi connectivity index (χ3n) is 2.87. The van der Waals surface area contributed by atoms with Crippen LogP contribution in [0, 0.1) is 11.8 Å². The zero-order valence-corrected chi connectivity index (χ0v) is 10.5. The van der Waals surface area contributed by atoms with Crippen molar-refractivity contribution in [3.05, 3.63) is 11.8 Å². The lowest BCUT2D eigenvalue weighted by atomic mass is 10.1. The number of carbonyl (C=O) groups is 2. The molecule has 0 aromatic heterocycles. The summed E-state index contributed by atoms with van der Waals surface area (Å²) in [6.07, 6.45) is 4.01. The Hall–Kier alpha value is -1.52. The molecule has 0 radical (unpaired) electrons. The highest BCUT2D eigenvalue weighted by Gasteiger charge is 2.24. The number of carbonyl (C=O) groups excluding carboxylic acids is 1. The van der Waals surface area contributed by atoms with Crippen molar-refractivity contribution in [1.82, 2.24) is 10.6 Å². The summed E-state index contributed by atoms with van der Waals surface area (Å²) in [5, 5.41) is 13.9. The molecule has 1 aliphatic rings. The Bertz CT molecular complexity index is 333. The highest BCUT2D eigenvalue weighted by Crippen LogP contribution is 2.35. The zero-order valence-electron chi connectivity index (χ0n) is 10.5. The number of urea groups is 1. The zero-order chi connectivity index (χ0) is 13.0. The molecule has 5 nitrogen and oxygen atoms in total. The van der Waals surface area contributed by atoms with Crippen LogP contribution in [-0.2, 0) is 4.79 Å². The average molecular weight is 240 g/mol. The Labute approximate surface area is 101 Å². The van der Waals surface area contributed by atoms with Gasteiger partial charge >= 0.3 is 12.0 Å². The van der Waals surface area contributed by atoms with Crippen LogP contribution < -0.4 is 10.6 Å². The number of carboxylic acids is 1. The van der Waals surface area contributed by atoms with Crippen molar-refractivity contribution in [3.63, 3.8) is 0 Å². The van der Waals surface area contributed by atoms with Crippen LogP contribution in [0.25, 0.3) is 0 Å². The van der Waals surface area contributed by atoms with Crippen LogP contribution in [-0.4, -0.2) is 23.1 Å². The smallest absolute Gasteiger partial charge is 0.326 e. The van der Waals surface area contributed by atoms with E-state index < -0.39 is 18.0 Å². The second kappa shape index (κ2) is 5.70. The van der Waals surface area contributed by atoms with Crippen LogP contribution in [0.4, 0.5) is 4.79 Å². The molecule has 1 saturated carbocycles. The maximum atomic E-state index is 11.5. The maximum absolute atomic E-state index is 11.5. The summed E-state index contributed by atoms with van der Waals surface area (Å²) in [6.45, 7) is 5.48. The van der Waals surface area contributed by atoms with Gasteiger partial charge in [-0.05, 0) is 31.6 Å². The molecule has 0 aromatic rings. The second-order valence-corrected chi connectivity index (χ2v) is 4.84. The fourth-order valence-electron chi connectivity index (χ4n) is 1.53. The molecule has 3 N–H and O–H groups in total. The Kier molecular flexibility index (Phi) is 4.54. The highest BCUT2D eigenvalue weighted by atomic mass is 16.4. The van der Waals surface area contributed by atoms with Crippen LogP contribution >= 0.6 is 0 Å². The van der Waals surface area contributed by atoms with E-state index in [0.717, 1.165) is 5.57 Å². The van der Waals surface area contributed by atoms with Gasteiger partial charge in [-0.1, -0.05) is 19.4 Å². The molecule has 1 rings (SSSR count). The first kappa shape index (κ1) is 13.5. The van der Waals surface area contributed by atoms with E-state index in [1.165, 1.54) is 12.8 Å². The predicted molar refractivity (Wildman–Crippen MR) is 64.4 cm³/mol. The third-order valence-corrected chi connectivity index (χ3v) is 2.87. The van der Waals surface area contributed by atoms with E-state index in [0.29, 0.717) is 5.92 Å². The number of carboxylic acid groups (broad SMARTS) is 1. The molecule has 1 aliphatic carbocycles. The quantitative estimate of drug-likeness (QED) is 0.684. The summed E-state index contributed by atoms with van der Waals surface area (Å²) < 4.78 is 0. The lowest BCUT2D eigenvalue weighted by Gasteiger charge is -2.17. The van der Waals surface area contributed by atoms with Gasteiger partial charge in [0.15, 0.2) is 0 Å². The Morgan fingerprint density at radius 2 is 1.94 bits per heavy atom. The molecule has 0 aromatic carbocycles. The molecule has 1 unspecified atom stereocenters.